The van der Waals surface area contributed by atoms with Crippen molar-refractivity contribution in [3.05, 3.63) is 28.3 Å². The number of hydrogen-bond acceptors (Lipinski definition) is 5. The van der Waals surface area contributed by atoms with Crippen molar-refractivity contribution in [2.45, 2.75) is 19.6 Å². The molecule has 3 rings (SSSR count). The molecule has 1 fully saturated rings. The Kier molecular flexibility index (Phi) is 5.13. The molecule has 23 heavy (non-hydrogen) atoms. The van der Waals surface area contributed by atoms with Crippen molar-refractivity contribution in [2.24, 2.45) is 0 Å². The minimum Gasteiger partial charge on any atom is -0.467 e. The van der Waals surface area contributed by atoms with E-state index in [1.54, 1.807) is 4.31 Å². The molecule has 8 heteroatoms. The quantitative estimate of drug-likeness (QED) is 0.820. The second kappa shape index (κ2) is 6.94. The summed E-state index contributed by atoms with van der Waals surface area (Å²) in [5.74, 6) is 0.852. The van der Waals surface area contributed by atoms with Crippen molar-refractivity contribution in [1.82, 2.24) is 9.21 Å². The highest BCUT2D eigenvalue weighted by Crippen LogP contribution is 2.32. The Morgan fingerprint density at radius 2 is 2.04 bits per heavy atom. The number of fused-ring (bicyclic) bond motifs is 1. The molecule has 1 saturated heterocycles. The van der Waals surface area contributed by atoms with Crippen molar-refractivity contribution >= 4 is 21.6 Å². The van der Waals surface area contributed by atoms with Gasteiger partial charge in [0.25, 0.3) is 0 Å². The summed E-state index contributed by atoms with van der Waals surface area (Å²) in [6.45, 7) is 4.10. The van der Waals surface area contributed by atoms with Crippen LogP contribution in [0, 0.1) is 0 Å². The molecule has 2 heterocycles. The topological polar surface area (TPSA) is 59.1 Å². The van der Waals surface area contributed by atoms with Crippen LogP contribution >= 0.6 is 11.6 Å². The average molecular weight is 361 g/mol. The Hall–Kier alpha value is -0.860. The van der Waals surface area contributed by atoms with Gasteiger partial charge in [-0.2, -0.15) is 0 Å². The number of halogens is 1. The Morgan fingerprint density at radius 3 is 2.83 bits per heavy atom. The van der Waals surface area contributed by atoms with E-state index in [1.165, 1.54) is 6.26 Å². The van der Waals surface area contributed by atoms with Gasteiger partial charge >= 0.3 is 0 Å². The first kappa shape index (κ1) is 17.0. The lowest BCUT2D eigenvalue weighted by Crippen LogP contribution is -2.34. The second-order valence-corrected chi connectivity index (χ2v) is 8.37. The van der Waals surface area contributed by atoms with E-state index >= 15 is 0 Å². The van der Waals surface area contributed by atoms with Gasteiger partial charge in [0.15, 0.2) is 6.79 Å². The average Bonchev–Trinajstić information content (AvgIpc) is 2.72. The van der Waals surface area contributed by atoms with Gasteiger partial charge in [0.1, 0.15) is 5.75 Å². The van der Waals surface area contributed by atoms with E-state index in [9.17, 15) is 8.42 Å². The first-order valence-electron chi connectivity index (χ1n) is 7.63. The van der Waals surface area contributed by atoms with Crippen LogP contribution in [0.15, 0.2) is 12.1 Å². The summed E-state index contributed by atoms with van der Waals surface area (Å²) < 4.78 is 35.9. The predicted molar refractivity (Wildman–Crippen MR) is 88.0 cm³/mol. The van der Waals surface area contributed by atoms with E-state index in [4.69, 9.17) is 21.1 Å². The highest BCUT2D eigenvalue weighted by molar-refractivity contribution is 7.88. The van der Waals surface area contributed by atoms with Crippen LogP contribution in [0.2, 0.25) is 5.02 Å². The van der Waals surface area contributed by atoms with Gasteiger partial charge in [-0.25, -0.2) is 12.7 Å². The predicted octanol–water partition coefficient (Wildman–Crippen LogP) is 1.67. The molecule has 0 bridgehead atoms. The zero-order valence-electron chi connectivity index (χ0n) is 13.1. The van der Waals surface area contributed by atoms with Crippen LogP contribution in [0.3, 0.4) is 0 Å². The maximum Gasteiger partial charge on any atom is 0.211 e. The van der Waals surface area contributed by atoms with Crippen molar-refractivity contribution in [2.75, 3.05) is 39.2 Å². The molecule has 0 radical (unpaired) electrons. The largest absolute Gasteiger partial charge is 0.467 e. The van der Waals surface area contributed by atoms with Gasteiger partial charge in [0.2, 0.25) is 10.0 Å². The highest BCUT2D eigenvalue weighted by Gasteiger charge is 2.23. The molecule has 128 valence electrons. The van der Waals surface area contributed by atoms with E-state index in [-0.39, 0.29) is 6.79 Å². The van der Waals surface area contributed by atoms with Crippen LogP contribution in [-0.2, 0) is 27.9 Å². The van der Waals surface area contributed by atoms with Crippen LogP contribution in [0.4, 0.5) is 0 Å². The molecule has 1 aromatic rings. The summed E-state index contributed by atoms with van der Waals surface area (Å²) in [5, 5.41) is 0.667. The first-order chi connectivity index (χ1) is 10.9. The lowest BCUT2D eigenvalue weighted by Gasteiger charge is -2.25. The summed E-state index contributed by atoms with van der Waals surface area (Å²) in [7, 11) is -3.12. The molecule has 0 aromatic heterocycles. The SMILES string of the molecule is CS(=O)(=O)N1CCCN(Cc2cc(Cl)cc3c2OCOC3)CC1. The fraction of sp³-hybridized carbons (Fsp3) is 0.600. The van der Waals surface area contributed by atoms with Crippen molar-refractivity contribution in [3.63, 3.8) is 0 Å². The summed E-state index contributed by atoms with van der Waals surface area (Å²) >= 11 is 6.20. The van der Waals surface area contributed by atoms with E-state index < -0.39 is 10.0 Å². The minimum atomic E-state index is -3.12. The first-order valence-corrected chi connectivity index (χ1v) is 9.85. The lowest BCUT2D eigenvalue weighted by atomic mass is 10.1. The molecule has 2 aliphatic heterocycles. The summed E-state index contributed by atoms with van der Waals surface area (Å²) in [4.78, 5) is 2.25. The van der Waals surface area contributed by atoms with Gasteiger partial charge in [-0.05, 0) is 25.1 Å². The Morgan fingerprint density at radius 1 is 1.22 bits per heavy atom. The van der Waals surface area contributed by atoms with E-state index in [1.807, 2.05) is 12.1 Å². The molecule has 0 saturated carbocycles. The Bertz CT molecular complexity index is 680. The molecule has 2 aliphatic rings. The van der Waals surface area contributed by atoms with Gasteiger partial charge in [0.05, 0.1) is 12.9 Å². The molecule has 0 aliphatic carbocycles. The molecule has 0 spiro atoms. The van der Waals surface area contributed by atoms with Crippen molar-refractivity contribution in [1.29, 1.82) is 0 Å². The zero-order chi connectivity index (χ0) is 16.4. The number of sulfonamides is 1. The molecule has 0 unspecified atom stereocenters. The van der Waals surface area contributed by atoms with Crippen molar-refractivity contribution in [3.8, 4) is 5.75 Å². The fourth-order valence-corrected chi connectivity index (χ4v) is 4.19. The van der Waals surface area contributed by atoms with Gasteiger partial charge in [-0.3, -0.25) is 4.90 Å². The third kappa shape index (κ3) is 4.16. The zero-order valence-corrected chi connectivity index (χ0v) is 14.7. The third-order valence-electron chi connectivity index (χ3n) is 4.16. The van der Waals surface area contributed by atoms with Crippen molar-refractivity contribution < 1.29 is 17.9 Å². The van der Waals surface area contributed by atoms with E-state index in [0.29, 0.717) is 37.8 Å². The standard InChI is InChI=1S/C15H21ClN2O4S/c1-23(19,20)18-4-2-3-17(5-6-18)9-12-7-14(16)8-13-10-21-11-22-15(12)13/h7-8H,2-6,9-11H2,1H3. The number of ether oxygens (including phenoxy) is 2. The van der Waals surface area contributed by atoms with Crippen LogP contribution in [-0.4, -0.2) is 56.9 Å². The number of rotatable bonds is 3. The number of hydrogen-bond donors (Lipinski definition) is 0. The smallest absolute Gasteiger partial charge is 0.211 e. The third-order valence-corrected chi connectivity index (χ3v) is 5.68. The minimum absolute atomic E-state index is 0.253. The maximum atomic E-state index is 11.7. The molecule has 1 aromatic carbocycles. The molecule has 0 amide bonds. The fourth-order valence-electron chi connectivity index (χ4n) is 3.05. The number of nitrogens with zero attached hydrogens (tertiary/aromatic N) is 2. The summed E-state index contributed by atoms with van der Waals surface area (Å²) in [5.41, 5.74) is 2.00. The van der Waals surface area contributed by atoms with Crippen LogP contribution in [0.5, 0.6) is 5.75 Å². The highest BCUT2D eigenvalue weighted by atomic mass is 35.5. The summed E-state index contributed by atoms with van der Waals surface area (Å²) in [6.07, 6.45) is 2.09. The van der Waals surface area contributed by atoms with Gasteiger partial charge in [-0.15, -0.1) is 0 Å². The summed E-state index contributed by atoms with van der Waals surface area (Å²) in [6, 6.07) is 3.79. The molecular formula is C15H21ClN2O4S. The van der Waals surface area contributed by atoms with Crippen LogP contribution in [0.25, 0.3) is 0 Å². The molecule has 0 N–H and O–H groups in total. The maximum absolute atomic E-state index is 11.7. The molecular weight excluding hydrogens is 340 g/mol. The molecule has 6 nitrogen and oxygen atoms in total. The van der Waals surface area contributed by atoms with Gasteiger partial charge < -0.3 is 9.47 Å². The lowest BCUT2D eigenvalue weighted by molar-refractivity contribution is -0.0174. The normalized spacial score (nSPS) is 20.6. The van der Waals surface area contributed by atoms with Crippen LogP contribution in [0.1, 0.15) is 17.5 Å². The second-order valence-electron chi connectivity index (χ2n) is 5.96. The van der Waals surface area contributed by atoms with Gasteiger partial charge in [0, 0.05) is 42.3 Å². The Labute approximate surface area is 142 Å². The number of benzene rings is 1. The van der Waals surface area contributed by atoms with Crippen LogP contribution < -0.4 is 4.74 Å². The van der Waals surface area contributed by atoms with E-state index in [0.717, 1.165) is 29.8 Å². The molecule has 0 atom stereocenters. The van der Waals surface area contributed by atoms with E-state index in [2.05, 4.69) is 4.90 Å². The monoisotopic (exact) mass is 360 g/mol. The Balaban J connectivity index is 1.74. The van der Waals surface area contributed by atoms with Gasteiger partial charge in [-0.1, -0.05) is 11.6 Å².